The van der Waals surface area contributed by atoms with Gasteiger partial charge in [-0.05, 0) is 48.5 Å². The molecule has 0 heterocycles. The van der Waals surface area contributed by atoms with Crippen LogP contribution < -0.4 is 18.9 Å². The molecule has 0 bridgehead atoms. The first-order chi connectivity index (χ1) is 23.8. The molecule has 248 valence electrons. The van der Waals surface area contributed by atoms with E-state index in [-0.39, 0.29) is 45.3 Å². The fourth-order valence-corrected chi connectivity index (χ4v) is 5.21. The number of methoxy groups -OCH3 is 4. The van der Waals surface area contributed by atoms with Gasteiger partial charge in [0.1, 0.15) is 23.0 Å². The van der Waals surface area contributed by atoms with Gasteiger partial charge < -0.3 is 18.9 Å². The lowest BCUT2D eigenvalue weighted by Crippen LogP contribution is -2.26. The van der Waals surface area contributed by atoms with Gasteiger partial charge in [0.15, 0.2) is 0 Å². The largest absolute Gasteiger partial charge is 0.652 e. The van der Waals surface area contributed by atoms with E-state index in [2.05, 4.69) is 39.6 Å². The Bertz CT molecular complexity index is 1700. The van der Waals surface area contributed by atoms with E-state index in [0.717, 1.165) is 0 Å². The Kier molecular flexibility index (Phi) is 12.1. The Balaban J connectivity index is 1.89. The first kappa shape index (κ1) is 35.2. The molecule has 17 heteroatoms. The number of rotatable bonds is 12. The van der Waals surface area contributed by atoms with Gasteiger partial charge in [0.25, 0.3) is 23.6 Å². The maximum atomic E-state index is 13.2. The number of ether oxygens (including phenoxy) is 4. The van der Waals surface area contributed by atoms with Crippen LogP contribution in [0.1, 0.15) is 41.4 Å². The highest BCUT2D eigenvalue weighted by Crippen LogP contribution is 2.25. The van der Waals surface area contributed by atoms with Crippen LogP contribution in [-0.2, 0) is 0 Å². The van der Waals surface area contributed by atoms with Crippen LogP contribution >= 0.6 is 0 Å². The fraction of sp³-hybridized carbons (Fsp3) is 0.125. The number of hydrogen-bond donors (Lipinski definition) is 0. The molecule has 4 aromatic carbocycles. The zero-order valence-corrected chi connectivity index (χ0v) is 27.6. The number of nitrogens with zero attached hydrogens (tertiary/aromatic N) is 8. The quantitative estimate of drug-likeness (QED) is 0.117. The molecule has 4 amide bonds. The lowest BCUT2D eigenvalue weighted by molar-refractivity contribution is 0.0985. The van der Waals surface area contributed by atoms with Crippen molar-refractivity contribution < 1.29 is 38.1 Å². The van der Waals surface area contributed by atoms with Gasteiger partial charge in [-0.3, -0.25) is 19.2 Å². The fourth-order valence-electron chi connectivity index (χ4n) is 4.07. The molecule has 0 saturated carbocycles. The monoisotopic (exact) mass is 680 g/mol. The van der Waals surface area contributed by atoms with Crippen LogP contribution in [-0.4, -0.2) is 60.8 Å². The summed E-state index contributed by atoms with van der Waals surface area (Å²) in [4.78, 5) is 52.9. The van der Waals surface area contributed by atoms with Gasteiger partial charge in [0.05, 0.1) is 50.7 Å². The minimum absolute atomic E-state index is 0.00256. The Labute approximate surface area is 280 Å². The molecule has 0 saturated heterocycles. The number of carbonyl (C=O) groups is 4. The van der Waals surface area contributed by atoms with Gasteiger partial charge in [0.2, 0.25) is 0 Å². The third kappa shape index (κ3) is 8.80. The molecule has 0 atom stereocenters. The molecule has 0 fully saturated rings. The summed E-state index contributed by atoms with van der Waals surface area (Å²) in [5, 5.41) is 14.9. The summed E-state index contributed by atoms with van der Waals surface area (Å²) in [6.07, 6.45) is 0. The van der Waals surface area contributed by atoms with E-state index in [0.29, 0.717) is 0 Å². The third-order valence-corrected chi connectivity index (χ3v) is 7.92. The standard InChI is InChI=1S/C32H28N8O8Si/c1-45-25-17-9-5-13-21(25)29(41)33-37-49(38-34-30(42)22-14-6-10-18-26(22)46-2,39-35-31(43)23-15-7-11-19-27(23)47-3)40-36-32(44)24-16-8-12-20-28(24)48-4/h5-20H,1-4H3. The SMILES string of the molecule is COc1ccccc1C(=O)N=N[Si](N=NC(=O)c1ccccc1OC)(N=NC(=O)c1ccccc1OC)N=NC(=O)c1ccccc1OC. The summed E-state index contributed by atoms with van der Waals surface area (Å²) < 4.78 is 36.8. The lowest BCUT2D eigenvalue weighted by atomic mass is 10.2. The zero-order valence-electron chi connectivity index (χ0n) is 26.6. The molecule has 16 nitrogen and oxygen atoms in total. The van der Waals surface area contributed by atoms with Gasteiger partial charge in [-0.25, -0.2) is 0 Å². The van der Waals surface area contributed by atoms with Crippen molar-refractivity contribution in [3.8, 4) is 23.0 Å². The Morgan fingerprint density at radius 2 is 0.592 bits per heavy atom. The van der Waals surface area contributed by atoms with Crippen molar-refractivity contribution in [1.29, 1.82) is 0 Å². The van der Waals surface area contributed by atoms with Crippen LogP contribution in [0.3, 0.4) is 0 Å². The number of amides is 4. The molecule has 0 unspecified atom stereocenters. The molecule has 49 heavy (non-hydrogen) atoms. The zero-order chi connectivity index (χ0) is 35.2. The topological polar surface area (TPSA) is 204 Å². The average Bonchev–Trinajstić information content (AvgIpc) is 3.16. The number of para-hydroxylation sites is 4. The molecule has 4 rings (SSSR count). The number of benzene rings is 4. The Hall–Kier alpha value is -6.62. The molecule has 0 aliphatic heterocycles. The van der Waals surface area contributed by atoms with E-state index < -0.39 is 32.3 Å². The molecular formula is C32H28N8O8Si. The summed E-state index contributed by atoms with van der Waals surface area (Å²) >= 11 is 0. The molecule has 0 aromatic heterocycles. The van der Waals surface area contributed by atoms with E-state index >= 15 is 0 Å². The van der Waals surface area contributed by atoms with Crippen molar-refractivity contribution in [3.05, 3.63) is 119 Å². The Morgan fingerprint density at radius 3 is 0.796 bits per heavy atom. The van der Waals surface area contributed by atoms with Crippen molar-refractivity contribution in [2.24, 2.45) is 39.6 Å². The third-order valence-electron chi connectivity index (χ3n) is 6.45. The summed E-state index contributed by atoms with van der Waals surface area (Å²) in [5.74, 6) is -3.03. The molecule has 0 spiro atoms. The normalized spacial score (nSPS) is 12.7. The maximum Gasteiger partial charge on any atom is 0.652 e. The van der Waals surface area contributed by atoms with Crippen LogP contribution in [0.5, 0.6) is 23.0 Å². The minimum atomic E-state index is -4.90. The van der Waals surface area contributed by atoms with Crippen LogP contribution in [0.25, 0.3) is 0 Å². The molecule has 0 aliphatic carbocycles. The van der Waals surface area contributed by atoms with Crippen molar-refractivity contribution >= 4 is 32.3 Å². The first-order valence-corrected chi connectivity index (χ1v) is 16.0. The highest BCUT2D eigenvalue weighted by atomic mass is 28.4. The summed E-state index contributed by atoms with van der Waals surface area (Å²) in [5.41, 5.74) is 0.0102. The van der Waals surface area contributed by atoms with E-state index in [4.69, 9.17) is 18.9 Å². The highest BCUT2D eigenvalue weighted by molar-refractivity contribution is 6.72. The Morgan fingerprint density at radius 1 is 0.388 bits per heavy atom. The van der Waals surface area contributed by atoms with Crippen LogP contribution in [0.4, 0.5) is 0 Å². The molecule has 0 radical (unpaired) electrons. The second-order valence-electron chi connectivity index (χ2n) is 9.42. The highest BCUT2D eigenvalue weighted by Gasteiger charge is 2.42. The van der Waals surface area contributed by atoms with Gasteiger partial charge in [-0.2, -0.15) is 0 Å². The van der Waals surface area contributed by atoms with Crippen molar-refractivity contribution in [1.82, 2.24) is 0 Å². The van der Waals surface area contributed by atoms with Crippen LogP contribution in [0.2, 0.25) is 0 Å². The average molecular weight is 681 g/mol. The maximum absolute atomic E-state index is 13.2. The number of carbonyl (C=O) groups excluding carboxylic acids is 4. The van der Waals surface area contributed by atoms with Gasteiger partial charge >= 0.3 is 8.72 Å². The van der Waals surface area contributed by atoms with Gasteiger partial charge in [-0.15, -0.1) is 39.6 Å². The van der Waals surface area contributed by atoms with E-state index in [1.807, 2.05) is 0 Å². The van der Waals surface area contributed by atoms with Crippen molar-refractivity contribution in [2.75, 3.05) is 28.4 Å². The lowest BCUT2D eigenvalue weighted by Gasteiger charge is -2.08. The second kappa shape index (κ2) is 16.8. The van der Waals surface area contributed by atoms with Gasteiger partial charge in [0, 0.05) is 0 Å². The minimum Gasteiger partial charge on any atom is -0.496 e. The number of hydrogen-bond acceptors (Lipinski definition) is 12. The molecular weight excluding hydrogens is 652 g/mol. The van der Waals surface area contributed by atoms with E-state index in [9.17, 15) is 19.2 Å². The molecule has 0 N–H and O–H groups in total. The predicted molar refractivity (Wildman–Crippen MR) is 174 cm³/mol. The predicted octanol–water partition coefficient (Wildman–Crippen LogP) is 6.63. The first-order valence-electron chi connectivity index (χ1n) is 14.2. The summed E-state index contributed by atoms with van der Waals surface area (Å²) in [7, 11) is 0.524. The smallest absolute Gasteiger partial charge is 0.496 e. The van der Waals surface area contributed by atoms with E-state index in [1.54, 1.807) is 48.5 Å². The summed E-state index contributed by atoms with van der Waals surface area (Å²) in [6.45, 7) is 0. The van der Waals surface area contributed by atoms with Crippen molar-refractivity contribution in [3.63, 3.8) is 0 Å². The second-order valence-corrected chi connectivity index (χ2v) is 11.4. The summed E-state index contributed by atoms with van der Waals surface area (Å²) in [6, 6.07) is 24.6. The van der Waals surface area contributed by atoms with Crippen LogP contribution in [0, 0.1) is 0 Å². The van der Waals surface area contributed by atoms with Crippen LogP contribution in [0.15, 0.2) is 137 Å². The van der Waals surface area contributed by atoms with Gasteiger partial charge in [-0.1, -0.05) is 48.5 Å². The molecule has 4 aromatic rings. The van der Waals surface area contributed by atoms with Crippen molar-refractivity contribution in [2.45, 2.75) is 0 Å². The van der Waals surface area contributed by atoms with E-state index in [1.165, 1.54) is 77.0 Å². The molecule has 0 aliphatic rings.